The molecule has 20 rings (SSSR count). The van der Waals surface area contributed by atoms with Gasteiger partial charge in [-0.15, -0.1) is 0 Å². The summed E-state index contributed by atoms with van der Waals surface area (Å²) < 4.78 is 194. The van der Waals surface area contributed by atoms with Gasteiger partial charge in [-0.25, -0.2) is 0 Å². The number of hydrogen-bond donors (Lipinski definition) is 2. The molecule has 23 heteroatoms. The SMILES string of the molecule is CC(=O)Oc1ccc(C2CC3C=CC2C3)cc1.CC(CCCC1CC2C=CC1C2)(C(F)(F)F)C(F)(F)F.CC(O)(CC1CC2C=CC1C2)C(F)(F)F.CC(O)(CCC1CC2C=CC1C2)C(F)(F)F.CCCOCCC1CC2C=CC1C2.CCCOCCOCC1CC2C=CC1C2.CCCOCCOCCOC1CC2C=CC1C2.COCC1CC2C=CC1C2.Cc1ccc(C2CC3C=CC2C3)cc1. The van der Waals surface area contributed by atoms with Gasteiger partial charge in [0.2, 0.25) is 0 Å². The van der Waals surface area contributed by atoms with Crippen molar-refractivity contribution in [3.63, 3.8) is 0 Å². The molecule has 18 bridgehead atoms. The Bertz CT molecular complexity index is 4220. The van der Waals surface area contributed by atoms with Crippen molar-refractivity contribution in [2.24, 2.45) is 147 Å². The third kappa shape index (κ3) is 31.7. The molecule has 0 heterocycles. The zero-order valence-corrected chi connectivity index (χ0v) is 83.0. The van der Waals surface area contributed by atoms with E-state index in [9.17, 15) is 67.7 Å². The number of aliphatic hydroxyl groups is 2. The summed E-state index contributed by atoms with van der Waals surface area (Å²) in [5.41, 5.74) is -4.36. The molecule has 2 aromatic rings. The lowest BCUT2D eigenvalue weighted by Crippen LogP contribution is -2.47. The van der Waals surface area contributed by atoms with Crippen LogP contribution >= 0.6 is 0 Å². The summed E-state index contributed by atoms with van der Waals surface area (Å²) >= 11 is 0. The van der Waals surface area contributed by atoms with Crippen LogP contribution < -0.4 is 4.74 Å². The van der Waals surface area contributed by atoms with E-state index in [1.165, 1.54) is 102 Å². The number of fused-ring (bicyclic) bond motifs is 18. The minimum atomic E-state index is -5.25. The van der Waals surface area contributed by atoms with Gasteiger partial charge < -0.3 is 48.1 Å². The van der Waals surface area contributed by atoms with Crippen molar-refractivity contribution in [2.45, 2.75) is 289 Å². The molecule has 18 aliphatic rings. The molecular formula is C114H162F12O11. The van der Waals surface area contributed by atoms with Gasteiger partial charge in [0.15, 0.2) is 16.6 Å². The Kier molecular flexibility index (Phi) is 41.2. The number of ether oxygens (including phenoxy) is 8. The van der Waals surface area contributed by atoms with Crippen LogP contribution in [-0.4, -0.2) is 145 Å². The van der Waals surface area contributed by atoms with Crippen LogP contribution in [0.3, 0.4) is 0 Å². The van der Waals surface area contributed by atoms with E-state index in [1.54, 1.807) is 12.7 Å². The predicted molar refractivity (Wildman–Crippen MR) is 516 cm³/mol. The second-order valence-electron chi connectivity index (χ2n) is 44.1. The first-order valence-corrected chi connectivity index (χ1v) is 52.5. The number of aryl methyl sites for hydroxylation is 1. The first-order chi connectivity index (χ1) is 65.3. The zero-order valence-electron chi connectivity index (χ0n) is 83.0. The quantitative estimate of drug-likeness (QED) is 0.0225. The van der Waals surface area contributed by atoms with Crippen molar-refractivity contribution in [2.75, 3.05) is 86.4 Å². The van der Waals surface area contributed by atoms with Gasteiger partial charge in [-0.1, -0.05) is 179 Å². The van der Waals surface area contributed by atoms with Gasteiger partial charge in [0.05, 0.1) is 52.4 Å². The molecule has 0 amide bonds. The van der Waals surface area contributed by atoms with Crippen LogP contribution in [0.2, 0.25) is 0 Å². The number of hydrogen-bond acceptors (Lipinski definition) is 11. The van der Waals surface area contributed by atoms with Gasteiger partial charge in [0.1, 0.15) is 5.75 Å². The molecule has 0 spiro atoms. The van der Waals surface area contributed by atoms with Crippen molar-refractivity contribution in [1.29, 1.82) is 0 Å². The number of methoxy groups -OCH3 is 1. The van der Waals surface area contributed by atoms with E-state index in [4.69, 9.17) is 37.9 Å². The average molecular weight is 1940 g/mol. The molecule has 0 radical (unpaired) electrons. The van der Waals surface area contributed by atoms with Crippen LogP contribution in [0.25, 0.3) is 0 Å². The topological polar surface area (TPSA) is 131 Å². The van der Waals surface area contributed by atoms with E-state index in [0.717, 1.165) is 220 Å². The van der Waals surface area contributed by atoms with Crippen molar-refractivity contribution >= 4 is 5.97 Å². The highest BCUT2D eigenvalue weighted by Gasteiger charge is 2.67. The van der Waals surface area contributed by atoms with Crippen LogP contribution in [0.5, 0.6) is 5.75 Å². The molecular weight excluding hydrogens is 1770 g/mol. The monoisotopic (exact) mass is 1940 g/mol. The molecule has 0 saturated heterocycles. The van der Waals surface area contributed by atoms with E-state index in [0.29, 0.717) is 91.9 Å². The Morgan fingerprint density at radius 2 is 0.672 bits per heavy atom. The summed E-state index contributed by atoms with van der Waals surface area (Å²) in [5, 5.41) is 18.7. The Morgan fingerprint density at radius 1 is 0.336 bits per heavy atom. The first-order valence-electron chi connectivity index (χ1n) is 52.5. The third-order valence-electron chi connectivity index (χ3n) is 33.4. The zero-order chi connectivity index (χ0) is 98.3. The molecule has 9 fully saturated rings. The van der Waals surface area contributed by atoms with Crippen LogP contribution in [-0.2, 0) is 38.0 Å². The maximum absolute atomic E-state index is 12.7. The molecule has 137 heavy (non-hydrogen) atoms. The smallest absolute Gasteiger partial charge is 0.416 e. The minimum Gasteiger partial charge on any atom is -0.427 e. The fraction of sp³-hybridized carbons (Fsp3) is 0.728. The predicted octanol–water partition coefficient (Wildman–Crippen LogP) is 28.6. The molecule has 9 saturated carbocycles. The summed E-state index contributed by atoms with van der Waals surface area (Å²) in [6.07, 6.45) is 48.3. The highest BCUT2D eigenvalue weighted by molar-refractivity contribution is 5.69. The van der Waals surface area contributed by atoms with E-state index in [2.05, 4.69) is 167 Å². The van der Waals surface area contributed by atoms with Gasteiger partial charge >= 0.3 is 30.7 Å². The molecule has 2 aromatic carbocycles. The second kappa shape index (κ2) is 51.2. The maximum Gasteiger partial charge on any atom is 0.416 e. The minimum absolute atomic E-state index is 0.00313. The number of carbonyl (C=O) groups is 1. The number of esters is 1. The molecule has 29 unspecified atom stereocenters. The summed E-state index contributed by atoms with van der Waals surface area (Å²) in [4.78, 5) is 10.8. The number of alkyl halides is 12. The van der Waals surface area contributed by atoms with Gasteiger partial charge in [-0.3, -0.25) is 4.79 Å². The van der Waals surface area contributed by atoms with E-state index < -0.39 is 47.7 Å². The molecule has 2 N–H and O–H groups in total. The van der Waals surface area contributed by atoms with Gasteiger partial charge in [0, 0.05) is 53.0 Å². The highest BCUT2D eigenvalue weighted by atomic mass is 19.4. The Morgan fingerprint density at radius 3 is 1.02 bits per heavy atom. The summed E-state index contributed by atoms with van der Waals surface area (Å²) in [5.74, 6) is 17.5. The van der Waals surface area contributed by atoms with Crippen LogP contribution in [0.1, 0.15) is 257 Å². The normalized spacial score (nSPS) is 33.9. The molecule has 768 valence electrons. The molecule has 11 nitrogen and oxygen atoms in total. The lowest BCUT2D eigenvalue weighted by Gasteiger charge is -2.34. The second-order valence-corrected chi connectivity index (χ2v) is 44.1. The maximum atomic E-state index is 12.7. The molecule has 0 aliphatic heterocycles. The summed E-state index contributed by atoms with van der Waals surface area (Å²) in [6.45, 7) is 21.8. The first kappa shape index (κ1) is 110. The van der Waals surface area contributed by atoms with Gasteiger partial charge in [-0.05, 0) is 372 Å². The molecule has 29 atom stereocenters. The Labute approximate surface area is 810 Å². The standard InChI is InChI=1S/C15H16O2.C14H18F6.C14H24O3.C14H16.C13H22O2.C12H17F3O.C12H20O.C11H15F3O.C9H14O/c1-10(16)17-14-6-4-12(5-7-14)15-9-11-2-3-13(15)8-11;1-12(13(15,16)17,14(18,19)20)6-2-3-10-7-9-4-5-11(10)8-9;1-2-5-15-6-7-16-8-9-17-14-11-12-3-4-13(14)10-12;1-10-2-5-12(6-3-10)14-9-11-4-7-13(14)8-11;1-2-5-14-6-7-15-10-13-9-11-3-4-12(13)8-11;1-11(16,12(13,14)15)5-4-10-7-8-2-3-9(10)6-8;1-2-6-13-7-5-12-9-10-3-4-11(12)8-10;1-10(15,11(12,13)14)6-9-5-7-2-3-8(9)4-7;1-10-6-9-5-7-2-3-8(9)4-7/h2-7,11,13,15H,8-9H2,1H3;4-5,9-11H,2-3,6-8H2,1H3;3-4,12-14H,2,5-11H2,1H3;2-7,11,13-14H,8-9H2,1H3;3-4,11-13H,2,5-10H2,1H3;2-3,8-10,16H,4-7H2,1H3;3-4,10-12H,2,5-9H2,1H3;2-3,7-9,15H,4-6H2,1H3;2-3,7-9H,4-6H2,1H3. The highest BCUT2D eigenvalue weighted by Crippen LogP contribution is 2.57. The fourth-order valence-electron chi connectivity index (χ4n) is 25.4. The lowest BCUT2D eigenvalue weighted by molar-refractivity contribution is -0.337. The van der Waals surface area contributed by atoms with Crippen molar-refractivity contribution in [1.82, 2.24) is 0 Å². The summed E-state index contributed by atoms with van der Waals surface area (Å²) in [6, 6.07) is 17.1. The lowest BCUT2D eigenvalue weighted by atomic mass is 9.80. The fourth-order valence-corrected chi connectivity index (χ4v) is 25.4. The van der Waals surface area contributed by atoms with Crippen LogP contribution in [0.4, 0.5) is 52.7 Å². The molecule has 0 aromatic heterocycles. The van der Waals surface area contributed by atoms with Crippen LogP contribution in [0.15, 0.2) is 158 Å². The average Bonchev–Trinajstić information content (AvgIpc) is 1.65. The van der Waals surface area contributed by atoms with Crippen molar-refractivity contribution in [3.05, 3.63) is 175 Å². The number of allylic oxidation sites excluding steroid dienone is 17. The van der Waals surface area contributed by atoms with E-state index >= 15 is 0 Å². The van der Waals surface area contributed by atoms with Gasteiger partial charge in [-0.2, -0.15) is 52.7 Å². The largest absolute Gasteiger partial charge is 0.427 e. The Hall–Kier alpha value is -5.63. The third-order valence-corrected chi connectivity index (χ3v) is 33.4. The number of benzene rings is 2. The number of rotatable bonds is 35. The van der Waals surface area contributed by atoms with Crippen molar-refractivity contribution in [3.8, 4) is 5.75 Å². The van der Waals surface area contributed by atoms with E-state index in [1.807, 2.05) is 18.2 Å². The van der Waals surface area contributed by atoms with Crippen LogP contribution in [0, 0.1) is 154 Å². The van der Waals surface area contributed by atoms with Crippen molar-refractivity contribution < 1.29 is 106 Å². The van der Waals surface area contributed by atoms with E-state index in [-0.39, 0.29) is 49.9 Å². The van der Waals surface area contributed by atoms with Gasteiger partial charge in [0.25, 0.3) is 0 Å². The number of carbonyl (C=O) groups excluding carboxylic acids is 1. The molecule has 18 aliphatic carbocycles. The Balaban J connectivity index is 0.000000139. The summed E-state index contributed by atoms with van der Waals surface area (Å²) in [7, 11) is 1.80. The number of halogens is 12.